The van der Waals surface area contributed by atoms with Crippen LogP contribution in [0.2, 0.25) is 5.02 Å². The minimum absolute atomic E-state index is 0.114. The normalized spacial score (nSPS) is 11.3. The summed E-state index contributed by atoms with van der Waals surface area (Å²) in [6, 6.07) is 11.0. The van der Waals surface area contributed by atoms with Crippen LogP contribution in [-0.4, -0.2) is 17.6 Å². The van der Waals surface area contributed by atoms with Gasteiger partial charge in [0.05, 0.1) is 11.0 Å². The number of anilines is 1. The van der Waals surface area contributed by atoms with Gasteiger partial charge in [-0.05, 0) is 48.7 Å². The zero-order chi connectivity index (χ0) is 17.9. The molecule has 0 radical (unpaired) electrons. The molecule has 0 N–H and O–H groups in total. The molecule has 0 aliphatic heterocycles. The monoisotopic (exact) mass is 367 g/mol. The van der Waals surface area contributed by atoms with Crippen molar-refractivity contribution in [1.82, 2.24) is 0 Å². The first-order valence-electron chi connectivity index (χ1n) is 7.21. The van der Waals surface area contributed by atoms with E-state index in [9.17, 15) is 14.7 Å². The molecule has 2 aromatic rings. The van der Waals surface area contributed by atoms with E-state index in [1.54, 1.807) is 24.3 Å². The van der Waals surface area contributed by atoms with Gasteiger partial charge in [-0.1, -0.05) is 11.6 Å². The number of nitro groups is 1. The molecular weight excluding hydrogens is 351 g/mol. The second-order valence-corrected chi connectivity index (χ2v) is 7.16. The van der Waals surface area contributed by atoms with Crippen LogP contribution >= 0.6 is 19.6 Å². The van der Waals surface area contributed by atoms with Gasteiger partial charge in [-0.25, -0.2) is 0 Å². The van der Waals surface area contributed by atoms with Gasteiger partial charge in [-0.2, -0.15) is 4.67 Å². The molecular formula is C16H17ClN2O4P+. The highest BCUT2D eigenvalue weighted by Crippen LogP contribution is 2.41. The average molecular weight is 368 g/mol. The van der Waals surface area contributed by atoms with E-state index in [0.29, 0.717) is 16.5 Å². The lowest BCUT2D eigenvalue weighted by molar-refractivity contribution is -0.384. The lowest BCUT2D eigenvalue weighted by Gasteiger charge is -2.17. The Hall–Kier alpha value is -2.17. The number of nitrogens with zero attached hydrogens (tertiary/aromatic N) is 2. The third-order valence-corrected chi connectivity index (χ3v) is 4.77. The molecule has 0 saturated heterocycles. The zero-order valence-electron chi connectivity index (χ0n) is 13.5. The van der Waals surface area contributed by atoms with Gasteiger partial charge < -0.3 is 4.74 Å². The predicted octanol–water partition coefficient (Wildman–Crippen LogP) is 5.63. The van der Waals surface area contributed by atoms with E-state index in [-0.39, 0.29) is 17.4 Å². The van der Waals surface area contributed by atoms with E-state index >= 15 is 0 Å². The minimum atomic E-state index is -1.79. The fourth-order valence-electron chi connectivity index (χ4n) is 2.30. The molecule has 126 valence electrons. The van der Waals surface area contributed by atoms with Crippen molar-refractivity contribution in [2.45, 2.75) is 19.9 Å². The average Bonchev–Trinajstić information content (AvgIpc) is 2.49. The highest BCUT2D eigenvalue weighted by Gasteiger charge is 2.32. The van der Waals surface area contributed by atoms with Crippen LogP contribution in [0.3, 0.4) is 0 Å². The first-order valence-corrected chi connectivity index (χ1v) is 9.25. The van der Waals surface area contributed by atoms with E-state index in [4.69, 9.17) is 16.3 Å². The summed E-state index contributed by atoms with van der Waals surface area (Å²) in [6.07, 6.45) is 0. The second-order valence-electron chi connectivity index (χ2n) is 5.37. The highest BCUT2D eigenvalue weighted by molar-refractivity contribution is 7.45. The number of nitro benzene ring substituents is 1. The number of hydrogen-bond acceptors (Lipinski definition) is 4. The molecule has 0 amide bonds. The van der Waals surface area contributed by atoms with E-state index in [1.807, 2.05) is 13.8 Å². The molecule has 1 atom stereocenters. The van der Waals surface area contributed by atoms with Crippen LogP contribution in [-0.2, 0) is 4.57 Å². The third-order valence-electron chi connectivity index (χ3n) is 3.23. The summed E-state index contributed by atoms with van der Waals surface area (Å²) in [4.78, 5) is 10.8. The van der Waals surface area contributed by atoms with Gasteiger partial charge in [-0.15, -0.1) is 0 Å². The molecule has 0 aliphatic carbocycles. The van der Waals surface area contributed by atoms with Crippen LogP contribution in [0.15, 0.2) is 42.5 Å². The van der Waals surface area contributed by atoms with E-state index in [1.165, 1.54) is 29.5 Å². The topological polar surface area (TPSA) is 72.7 Å². The van der Waals surface area contributed by atoms with Gasteiger partial charge in [0.15, 0.2) is 12.4 Å². The fraction of sp³-hybridized carbons (Fsp3) is 0.250. The van der Waals surface area contributed by atoms with Crippen molar-refractivity contribution >= 4 is 30.9 Å². The number of hydrogen-bond donors (Lipinski definition) is 0. The molecule has 0 spiro atoms. The van der Waals surface area contributed by atoms with Crippen LogP contribution in [0.5, 0.6) is 11.5 Å². The summed E-state index contributed by atoms with van der Waals surface area (Å²) in [7, 11) is -1.79. The minimum Gasteiger partial charge on any atom is -0.457 e. The number of rotatable bonds is 6. The molecule has 0 aromatic heterocycles. The first kappa shape index (κ1) is 18.2. The number of halogens is 1. The molecule has 24 heavy (non-hydrogen) atoms. The lowest BCUT2D eigenvalue weighted by atomic mass is 10.2. The van der Waals surface area contributed by atoms with Crippen LogP contribution < -0.4 is 9.41 Å². The Bertz CT molecular complexity index is 765. The van der Waals surface area contributed by atoms with Crippen molar-refractivity contribution in [2.24, 2.45) is 0 Å². The summed E-state index contributed by atoms with van der Waals surface area (Å²) in [5.74, 6) is 0.969. The maximum atomic E-state index is 12.1. The molecule has 2 aromatic carbocycles. The van der Waals surface area contributed by atoms with E-state index in [0.717, 1.165) is 0 Å². The Morgan fingerprint density at radius 2 is 1.75 bits per heavy atom. The summed E-state index contributed by atoms with van der Waals surface area (Å²) in [6.45, 7) is 5.17. The Morgan fingerprint density at radius 1 is 1.17 bits per heavy atom. The summed E-state index contributed by atoms with van der Waals surface area (Å²) in [5.41, 5.74) is 0.155. The van der Waals surface area contributed by atoms with E-state index < -0.39 is 12.9 Å². The van der Waals surface area contributed by atoms with Crippen LogP contribution in [0.1, 0.15) is 13.8 Å². The van der Waals surface area contributed by atoms with Crippen molar-refractivity contribution < 1.29 is 14.2 Å². The number of ether oxygens (including phenoxy) is 1. The van der Waals surface area contributed by atoms with Crippen LogP contribution in [0.4, 0.5) is 11.4 Å². The Balaban J connectivity index is 2.45. The van der Waals surface area contributed by atoms with Crippen LogP contribution in [0, 0.1) is 10.1 Å². The van der Waals surface area contributed by atoms with Gasteiger partial charge >= 0.3 is 7.95 Å². The van der Waals surface area contributed by atoms with E-state index in [2.05, 4.69) is 0 Å². The molecule has 2 rings (SSSR count). The molecule has 0 saturated carbocycles. The molecule has 0 fully saturated rings. The van der Waals surface area contributed by atoms with Gasteiger partial charge in [0, 0.05) is 17.2 Å². The second kappa shape index (κ2) is 7.60. The van der Waals surface area contributed by atoms with Crippen molar-refractivity contribution in [1.29, 1.82) is 0 Å². The first-order chi connectivity index (χ1) is 11.3. The quantitative estimate of drug-likeness (QED) is 0.376. The molecule has 6 nitrogen and oxygen atoms in total. The summed E-state index contributed by atoms with van der Waals surface area (Å²) >= 11 is 5.84. The Morgan fingerprint density at radius 3 is 2.25 bits per heavy atom. The summed E-state index contributed by atoms with van der Waals surface area (Å²) in [5, 5.41) is 11.9. The molecule has 0 bridgehead atoms. The van der Waals surface area contributed by atoms with Gasteiger partial charge in [0.1, 0.15) is 11.5 Å². The van der Waals surface area contributed by atoms with Gasteiger partial charge in [0.2, 0.25) is 0 Å². The van der Waals surface area contributed by atoms with Gasteiger partial charge in [-0.3, -0.25) is 10.1 Å². The Kier molecular flexibility index (Phi) is 5.75. The molecule has 1 unspecified atom stereocenters. The van der Waals surface area contributed by atoms with Crippen molar-refractivity contribution in [3.8, 4) is 11.5 Å². The van der Waals surface area contributed by atoms with Crippen molar-refractivity contribution in [3.63, 3.8) is 0 Å². The fourth-order valence-corrected chi connectivity index (χ4v) is 3.54. The van der Waals surface area contributed by atoms with Crippen LogP contribution in [0.25, 0.3) is 0 Å². The van der Waals surface area contributed by atoms with Crippen molar-refractivity contribution in [3.05, 3.63) is 57.6 Å². The molecule has 0 heterocycles. The molecule has 0 aliphatic rings. The predicted molar refractivity (Wildman–Crippen MR) is 95.8 cm³/mol. The largest absolute Gasteiger partial charge is 0.459 e. The smallest absolute Gasteiger partial charge is 0.457 e. The Labute approximate surface area is 146 Å². The zero-order valence-corrected chi connectivity index (χ0v) is 15.1. The highest BCUT2D eigenvalue weighted by atomic mass is 35.5. The number of benzene rings is 2. The molecule has 8 heteroatoms. The third kappa shape index (κ3) is 4.22. The standard InChI is InChI=1S/C16H17ClN2O4P/c1-11(2)18(24(3)22)16-10-14(8-9-15(16)19(20)21)23-13-6-4-12(17)5-7-13/h4-11H,1-3H3/q+1. The van der Waals surface area contributed by atoms with Gasteiger partial charge in [0.25, 0.3) is 5.69 Å². The SMILES string of the molecule is CC(C)N(c1cc(Oc2ccc(Cl)cc2)ccc1[N+](=O)[O-])[P+](C)=O. The maximum Gasteiger partial charge on any atom is 0.459 e. The van der Waals surface area contributed by atoms with Crippen molar-refractivity contribution in [2.75, 3.05) is 11.3 Å². The maximum absolute atomic E-state index is 12.1. The summed E-state index contributed by atoms with van der Waals surface area (Å²) < 4.78 is 19.3. The lowest BCUT2D eigenvalue weighted by Crippen LogP contribution is -2.23.